The Hall–Kier alpha value is -1.44. The molecule has 0 saturated heterocycles. The largest absolute Gasteiger partial charge is 0.478 e. The van der Waals surface area contributed by atoms with E-state index in [1.807, 2.05) is 0 Å². The van der Waals surface area contributed by atoms with Crippen molar-refractivity contribution in [2.24, 2.45) is 0 Å². The molecule has 1 aromatic rings. The van der Waals surface area contributed by atoms with E-state index in [0.29, 0.717) is 0 Å². The standard InChI is InChI=1S/C11H11BrO6/c12-4-8(13)9(14)5-1-6(10(15)16)3-7(2-5)11(17)18/h1-3,8-9,13-14H,4H2,(H,15,16)(H,17,18). The smallest absolute Gasteiger partial charge is 0.335 e. The predicted octanol–water partition coefficient (Wildman–Crippen LogP) is 0.872. The molecule has 0 aliphatic carbocycles. The summed E-state index contributed by atoms with van der Waals surface area (Å²) in [7, 11) is 0. The van der Waals surface area contributed by atoms with E-state index in [1.54, 1.807) is 0 Å². The highest BCUT2D eigenvalue weighted by Crippen LogP contribution is 2.21. The number of benzene rings is 1. The molecule has 0 aliphatic heterocycles. The Morgan fingerprint density at radius 2 is 1.50 bits per heavy atom. The van der Waals surface area contributed by atoms with Gasteiger partial charge in [0.2, 0.25) is 0 Å². The zero-order valence-corrected chi connectivity index (χ0v) is 10.7. The quantitative estimate of drug-likeness (QED) is 0.599. The maximum atomic E-state index is 10.8. The second-order valence-electron chi connectivity index (χ2n) is 3.62. The van der Waals surface area contributed by atoms with Gasteiger partial charge in [-0.1, -0.05) is 15.9 Å². The highest BCUT2D eigenvalue weighted by molar-refractivity contribution is 9.09. The van der Waals surface area contributed by atoms with Crippen molar-refractivity contribution < 1.29 is 30.0 Å². The Balaban J connectivity index is 3.26. The minimum absolute atomic E-state index is 0.0410. The molecule has 0 saturated carbocycles. The van der Waals surface area contributed by atoms with Crippen molar-refractivity contribution in [1.29, 1.82) is 0 Å². The zero-order chi connectivity index (χ0) is 13.9. The van der Waals surface area contributed by atoms with Gasteiger partial charge in [-0.15, -0.1) is 0 Å². The molecule has 4 N–H and O–H groups in total. The molecule has 0 amide bonds. The fourth-order valence-corrected chi connectivity index (χ4v) is 1.73. The van der Waals surface area contributed by atoms with Gasteiger partial charge in [-0.3, -0.25) is 0 Å². The summed E-state index contributed by atoms with van der Waals surface area (Å²) in [6.45, 7) is 0. The average Bonchev–Trinajstić information content (AvgIpc) is 2.36. The maximum Gasteiger partial charge on any atom is 0.335 e. The molecule has 18 heavy (non-hydrogen) atoms. The first-order valence-corrected chi connectivity index (χ1v) is 6.02. The lowest BCUT2D eigenvalue weighted by Gasteiger charge is -2.16. The number of rotatable bonds is 5. The number of aliphatic hydroxyl groups is 2. The molecule has 2 atom stereocenters. The lowest BCUT2D eigenvalue weighted by atomic mass is 9.99. The number of aliphatic hydroxyl groups excluding tert-OH is 2. The Bertz CT molecular complexity index is 440. The Morgan fingerprint density at radius 1 is 1.06 bits per heavy atom. The number of carboxylic acids is 2. The first kappa shape index (κ1) is 14.6. The van der Waals surface area contributed by atoms with Gasteiger partial charge in [-0.05, 0) is 23.8 Å². The summed E-state index contributed by atoms with van der Waals surface area (Å²) in [5, 5.41) is 37.0. The van der Waals surface area contributed by atoms with Gasteiger partial charge in [-0.2, -0.15) is 0 Å². The maximum absolute atomic E-state index is 10.8. The second-order valence-corrected chi connectivity index (χ2v) is 4.27. The topological polar surface area (TPSA) is 115 Å². The van der Waals surface area contributed by atoms with E-state index in [9.17, 15) is 19.8 Å². The Morgan fingerprint density at radius 3 is 1.83 bits per heavy atom. The van der Waals surface area contributed by atoms with Crippen molar-refractivity contribution in [3.63, 3.8) is 0 Å². The van der Waals surface area contributed by atoms with Crippen LogP contribution in [0.5, 0.6) is 0 Å². The number of aromatic carboxylic acids is 2. The fraction of sp³-hybridized carbons (Fsp3) is 0.273. The summed E-state index contributed by atoms with van der Waals surface area (Å²) in [6.07, 6.45) is -2.52. The number of hydrogen-bond acceptors (Lipinski definition) is 4. The number of carboxylic acid groups (broad SMARTS) is 2. The summed E-state index contributed by atoms with van der Waals surface area (Å²) in [6, 6.07) is 3.25. The van der Waals surface area contributed by atoms with Crippen LogP contribution in [0, 0.1) is 0 Å². The molecule has 1 rings (SSSR count). The van der Waals surface area contributed by atoms with Crippen molar-refractivity contribution in [3.8, 4) is 0 Å². The SMILES string of the molecule is O=C(O)c1cc(C(=O)O)cc(C(O)C(O)CBr)c1. The number of halogens is 1. The van der Waals surface area contributed by atoms with Crippen molar-refractivity contribution in [2.45, 2.75) is 12.2 Å². The van der Waals surface area contributed by atoms with Crippen LogP contribution >= 0.6 is 15.9 Å². The van der Waals surface area contributed by atoms with Gasteiger partial charge in [-0.25, -0.2) is 9.59 Å². The van der Waals surface area contributed by atoms with Gasteiger partial charge >= 0.3 is 11.9 Å². The molecule has 98 valence electrons. The van der Waals surface area contributed by atoms with Crippen LogP contribution in [0.2, 0.25) is 0 Å². The molecule has 2 unspecified atom stereocenters. The van der Waals surface area contributed by atoms with Gasteiger partial charge in [0.25, 0.3) is 0 Å². The van der Waals surface area contributed by atoms with Crippen molar-refractivity contribution in [2.75, 3.05) is 5.33 Å². The molecule has 0 spiro atoms. The highest BCUT2D eigenvalue weighted by Gasteiger charge is 2.20. The van der Waals surface area contributed by atoms with Crippen molar-refractivity contribution in [3.05, 3.63) is 34.9 Å². The molecule has 0 heterocycles. The van der Waals surface area contributed by atoms with Crippen LogP contribution in [-0.4, -0.2) is 43.8 Å². The fourth-order valence-electron chi connectivity index (χ4n) is 1.38. The molecule has 7 heteroatoms. The Kier molecular flexibility index (Phi) is 4.83. The van der Waals surface area contributed by atoms with Gasteiger partial charge in [0.05, 0.1) is 17.2 Å². The lowest BCUT2D eigenvalue weighted by molar-refractivity contribution is 0.0340. The van der Waals surface area contributed by atoms with E-state index in [1.165, 1.54) is 0 Å². The third kappa shape index (κ3) is 3.28. The van der Waals surface area contributed by atoms with Crippen LogP contribution in [0.1, 0.15) is 32.4 Å². The molecule has 0 radical (unpaired) electrons. The molecule has 0 fully saturated rings. The summed E-state index contributed by atoms with van der Waals surface area (Å²) < 4.78 is 0. The summed E-state index contributed by atoms with van der Waals surface area (Å²) in [5.74, 6) is -2.61. The molecular formula is C11H11BrO6. The van der Waals surface area contributed by atoms with Crippen LogP contribution in [0.4, 0.5) is 0 Å². The van der Waals surface area contributed by atoms with Gasteiger partial charge in [0, 0.05) is 5.33 Å². The van der Waals surface area contributed by atoms with Gasteiger partial charge in [0.15, 0.2) is 0 Å². The van der Waals surface area contributed by atoms with E-state index in [0.717, 1.165) is 18.2 Å². The molecule has 0 aliphatic rings. The summed E-state index contributed by atoms with van der Waals surface area (Å²) in [4.78, 5) is 21.7. The Labute approximate surface area is 111 Å². The van der Waals surface area contributed by atoms with E-state index in [2.05, 4.69) is 15.9 Å². The number of hydrogen-bond donors (Lipinski definition) is 4. The molecule has 1 aromatic carbocycles. The summed E-state index contributed by atoms with van der Waals surface area (Å²) >= 11 is 2.96. The van der Waals surface area contributed by atoms with E-state index in [-0.39, 0.29) is 22.0 Å². The molecule has 6 nitrogen and oxygen atoms in total. The highest BCUT2D eigenvalue weighted by atomic mass is 79.9. The normalized spacial score (nSPS) is 13.9. The van der Waals surface area contributed by atoms with Crippen LogP contribution in [0.25, 0.3) is 0 Å². The molecule has 0 aromatic heterocycles. The van der Waals surface area contributed by atoms with E-state index in [4.69, 9.17) is 10.2 Å². The first-order chi connectivity index (χ1) is 8.36. The van der Waals surface area contributed by atoms with Crippen LogP contribution in [0.15, 0.2) is 18.2 Å². The monoisotopic (exact) mass is 318 g/mol. The van der Waals surface area contributed by atoms with E-state index >= 15 is 0 Å². The van der Waals surface area contributed by atoms with Crippen LogP contribution < -0.4 is 0 Å². The predicted molar refractivity (Wildman–Crippen MR) is 65.1 cm³/mol. The van der Waals surface area contributed by atoms with Crippen molar-refractivity contribution >= 4 is 27.9 Å². The third-order valence-electron chi connectivity index (χ3n) is 2.31. The number of carbonyl (C=O) groups is 2. The van der Waals surface area contributed by atoms with Gasteiger partial charge in [0.1, 0.15) is 6.10 Å². The van der Waals surface area contributed by atoms with Gasteiger partial charge < -0.3 is 20.4 Å². The summed E-state index contributed by atoms with van der Waals surface area (Å²) in [5.41, 5.74) is -0.476. The van der Waals surface area contributed by atoms with Crippen LogP contribution in [-0.2, 0) is 0 Å². The average molecular weight is 319 g/mol. The first-order valence-electron chi connectivity index (χ1n) is 4.90. The molecule has 0 bridgehead atoms. The number of alkyl halides is 1. The second kappa shape index (κ2) is 5.94. The minimum atomic E-state index is -1.36. The molecular weight excluding hydrogens is 308 g/mol. The minimum Gasteiger partial charge on any atom is -0.478 e. The van der Waals surface area contributed by atoms with Crippen molar-refractivity contribution in [1.82, 2.24) is 0 Å². The third-order valence-corrected chi connectivity index (χ3v) is 2.98. The zero-order valence-electron chi connectivity index (χ0n) is 9.08. The van der Waals surface area contributed by atoms with E-state index < -0.39 is 24.1 Å². The van der Waals surface area contributed by atoms with Crippen LogP contribution in [0.3, 0.4) is 0 Å². The lowest BCUT2D eigenvalue weighted by Crippen LogP contribution is -2.20.